The molecule has 2 aromatic carbocycles. The summed E-state index contributed by atoms with van der Waals surface area (Å²) < 4.78 is 21.4. The highest BCUT2D eigenvalue weighted by Crippen LogP contribution is 2.24. The van der Waals surface area contributed by atoms with E-state index in [1.165, 1.54) is 0 Å². The summed E-state index contributed by atoms with van der Waals surface area (Å²) >= 11 is 0. The Morgan fingerprint density at radius 2 is 2.17 bits per heavy atom. The third kappa shape index (κ3) is 4.40. The van der Waals surface area contributed by atoms with Crippen LogP contribution in [0.1, 0.15) is 18.4 Å². The molecule has 3 aromatic rings. The maximum Gasteiger partial charge on any atom is 0.227 e. The minimum atomic E-state index is -0.995. The van der Waals surface area contributed by atoms with Gasteiger partial charge >= 0.3 is 0 Å². The molecule has 2 N–H and O–H groups in total. The zero-order valence-electron chi connectivity index (χ0n) is 16.4. The van der Waals surface area contributed by atoms with Crippen molar-refractivity contribution in [3.05, 3.63) is 54.1 Å². The van der Waals surface area contributed by atoms with Crippen LogP contribution in [0.25, 0.3) is 11.0 Å². The van der Waals surface area contributed by atoms with Gasteiger partial charge in [0.25, 0.3) is 0 Å². The van der Waals surface area contributed by atoms with Gasteiger partial charge in [0.15, 0.2) is 0 Å². The predicted molar refractivity (Wildman–Crippen MR) is 111 cm³/mol. The molecular weight excluding hydrogens is 371 g/mol. The van der Waals surface area contributed by atoms with Gasteiger partial charge in [-0.05, 0) is 42.8 Å². The Morgan fingerprint density at radius 3 is 3.00 bits per heavy atom. The number of nitrogens with one attached hydrogen (secondary N) is 2. The summed E-state index contributed by atoms with van der Waals surface area (Å²) in [5.74, 6) is 0.787. The van der Waals surface area contributed by atoms with E-state index < -0.39 is 6.17 Å². The number of piperidine rings is 1. The van der Waals surface area contributed by atoms with E-state index in [0.717, 1.165) is 28.9 Å². The molecule has 1 fully saturated rings. The first-order valence-electron chi connectivity index (χ1n) is 9.87. The van der Waals surface area contributed by atoms with Crippen LogP contribution in [0.4, 0.5) is 10.3 Å². The first-order chi connectivity index (χ1) is 14.1. The number of halogens is 1. The molecule has 0 spiro atoms. The van der Waals surface area contributed by atoms with Gasteiger partial charge in [-0.25, -0.2) is 9.37 Å². The number of rotatable bonds is 6. The second-order valence-corrected chi connectivity index (χ2v) is 7.38. The van der Waals surface area contributed by atoms with E-state index in [2.05, 4.69) is 15.6 Å². The molecule has 1 aliphatic heterocycles. The number of hydrogen-bond donors (Lipinski definition) is 2. The van der Waals surface area contributed by atoms with E-state index in [9.17, 15) is 9.18 Å². The monoisotopic (exact) mass is 396 g/mol. The highest BCUT2D eigenvalue weighted by Gasteiger charge is 2.27. The van der Waals surface area contributed by atoms with E-state index in [0.29, 0.717) is 25.5 Å². The number of aromatic nitrogens is 2. The van der Waals surface area contributed by atoms with E-state index in [1.807, 2.05) is 53.1 Å². The topological polar surface area (TPSA) is 68.2 Å². The Labute approximate surface area is 169 Å². The normalized spacial score (nSPS) is 19.2. The number of hydrogen-bond acceptors (Lipinski definition) is 4. The van der Waals surface area contributed by atoms with Crippen molar-refractivity contribution >= 4 is 22.9 Å². The number of nitrogens with zero attached hydrogens (tertiary/aromatic N) is 2. The Bertz CT molecular complexity index is 1000. The van der Waals surface area contributed by atoms with Crippen molar-refractivity contribution in [2.45, 2.75) is 25.6 Å². The lowest BCUT2D eigenvalue weighted by Crippen LogP contribution is -2.39. The Hall–Kier alpha value is -2.93. The highest BCUT2D eigenvalue weighted by atomic mass is 19.1. The molecule has 0 bridgehead atoms. The lowest BCUT2D eigenvalue weighted by atomic mass is 9.92. The quantitative estimate of drug-likeness (QED) is 0.670. The Morgan fingerprint density at radius 1 is 1.31 bits per heavy atom. The molecule has 4 rings (SSSR count). The molecule has 7 heteroatoms. The molecule has 1 saturated heterocycles. The first kappa shape index (κ1) is 19.4. The molecule has 29 heavy (non-hydrogen) atoms. The third-order valence-corrected chi connectivity index (χ3v) is 5.37. The number of anilines is 1. The molecule has 2 heterocycles. The summed E-state index contributed by atoms with van der Waals surface area (Å²) in [5.41, 5.74) is 2.76. The molecule has 0 radical (unpaired) electrons. The number of imidazole rings is 1. The summed E-state index contributed by atoms with van der Waals surface area (Å²) in [6.07, 6.45) is -0.176. The van der Waals surface area contributed by atoms with Gasteiger partial charge in [-0.3, -0.25) is 10.1 Å². The summed E-state index contributed by atoms with van der Waals surface area (Å²) in [6, 6.07) is 15.5. The lowest BCUT2D eigenvalue weighted by Gasteiger charge is -2.26. The SMILES string of the molecule is COc1cccc(Cn2c(NC(=O)CC3CCNCC3F)nc3ccccc32)c1. The fourth-order valence-electron chi connectivity index (χ4n) is 3.80. The van der Waals surface area contributed by atoms with Gasteiger partial charge in [0.1, 0.15) is 11.9 Å². The van der Waals surface area contributed by atoms with Gasteiger partial charge in [-0.1, -0.05) is 24.3 Å². The molecule has 6 nitrogen and oxygen atoms in total. The van der Waals surface area contributed by atoms with Crippen LogP contribution in [0.3, 0.4) is 0 Å². The molecule has 1 aromatic heterocycles. The van der Waals surface area contributed by atoms with Crippen molar-refractivity contribution < 1.29 is 13.9 Å². The molecule has 152 valence electrons. The summed E-state index contributed by atoms with van der Waals surface area (Å²) in [6.45, 7) is 1.59. The first-order valence-corrected chi connectivity index (χ1v) is 9.87. The Balaban J connectivity index is 1.58. The minimum absolute atomic E-state index is 0.158. The molecule has 2 unspecified atom stereocenters. The highest BCUT2D eigenvalue weighted by molar-refractivity contribution is 5.91. The predicted octanol–water partition coefficient (Wildman–Crippen LogP) is 3.37. The summed E-state index contributed by atoms with van der Waals surface area (Å²) in [4.78, 5) is 17.2. The van der Waals surface area contributed by atoms with Crippen LogP contribution in [-0.2, 0) is 11.3 Å². The summed E-state index contributed by atoms with van der Waals surface area (Å²) in [5, 5.41) is 5.93. The second-order valence-electron chi connectivity index (χ2n) is 7.38. The fraction of sp³-hybridized carbons (Fsp3) is 0.364. The average molecular weight is 396 g/mol. The largest absolute Gasteiger partial charge is 0.497 e. The van der Waals surface area contributed by atoms with Crippen molar-refractivity contribution in [1.29, 1.82) is 0 Å². The number of alkyl halides is 1. The molecule has 1 amide bonds. The maximum atomic E-state index is 14.1. The Kier molecular flexibility index (Phi) is 5.76. The smallest absolute Gasteiger partial charge is 0.227 e. The van der Waals surface area contributed by atoms with Crippen molar-refractivity contribution in [2.24, 2.45) is 5.92 Å². The van der Waals surface area contributed by atoms with Gasteiger partial charge in [-0.2, -0.15) is 0 Å². The number of carbonyl (C=O) groups excluding carboxylic acids is 1. The van der Waals surface area contributed by atoms with Gasteiger partial charge in [0.05, 0.1) is 24.7 Å². The average Bonchev–Trinajstić information content (AvgIpc) is 3.07. The number of methoxy groups -OCH3 is 1. The fourth-order valence-corrected chi connectivity index (χ4v) is 3.80. The zero-order valence-corrected chi connectivity index (χ0v) is 16.4. The second kappa shape index (κ2) is 8.61. The van der Waals surface area contributed by atoms with Crippen LogP contribution in [-0.4, -0.2) is 41.8 Å². The molecule has 1 aliphatic rings. The number of fused-ring (bicyclic) bond motifs is 1. The molecular formula is C22H25FN4O2. The number of amides is 1. The number of ether oxygens (including phenoxy) is 1. The third-order valence-electron chi connectivity index (χ3n) is 5.37. The van der Waals surface area contributed by atoms with Gasteiger partial charge in [0.2, 0.25) is 11.9 Å². The van der Waals surface area contributed by atoms with Crippen LogP contribution in [0.2, 0.25) is 0 Å². The lowest BCUT2D eigenvalue weighted by molar-refractivity contribution is -0.117. The van der Waals surface area contributed by atoms with Gasteiger partial charge in [-0.15, -0.1) is 0 Å². The van der Waals surface area contributed by atoms with Gasteiger partial charge < -0.3 is 14.6 Å². The van der Waals surface area contributed by atoms with Gasteiger partial charge in [0, 0.05) is 18.9 Å². The van der Waals surface area contributed by atoms with Crippen LogP contribution in [0.15, 0.2) is 48.5 Å². The van der Waals surface area contributed by atoms with Crippen LogP contribution >= 0.6 is 0 Å². The van der Waals surface area contributed by atoms with Crippen molar-refractivity contribution in [3.8, 4) is 5.75 Å². The van der Waals surface area contributed by atoms with Crippen molar-refractivity contribution in [2.75, 3.05) is 25.5 Å². The van der Waals surface area contributed by atoms with E-state index in [-0.39, 0.29) is 18.2 Å². The minimum Gasteiger partial charge on any atom is -0.497 e. The molecule has 0 saturated carbocycles. The standard InChI is InChI=1S/C22H25FN4O2/c1-29-17-6-4-5-15(11-17)14-27-20-8-3-2-7-19(20)25-22(27)26-21(28)12-16-9-10-24-13-18(16)23/h2-8,11,16,18,24H,9-10,12-14H2,1H3,(H,25,26,28). The maximum absolute atomic E-state index is 14.1. The van der Waals surface area contributed by atoms with Crippen LogP contribution in [0.5, 0.6) is 5.75 Å². The molecule has 0 aliphatic carbocycles. The van der Waals surface area contributed by atoms with Crippen molar-refractivity contribution in [3.63, 3.8) is 0 Å². The van der Waals surface area contributed by atoms with Crippen LogP contribution < -0.4 is 15.4 Å². The number of para-hydroxylation sites is 2. The molecule has 2 atom stereocenters. The van der Waals surface area contributed by atoms with E-state index >= 15 is 0 Å². The van der Waals surface area contributed by atoms with E-state index in [4.69, 9.17) is 4.74 Å². The summed E-state index contributed by atoms with van der Waals surface area (Å²) in [7, 11) is 1.64. The van der Waals surface area contributed by atoms with Crippen LogP contribution in [0, 0.1) is 5.92 Å². The number of carbonyl (C=O) groups is 1. The van der Waals surface area contributed by atoms with Crippen molar-refractivity contribution in [1.82, 2.24) is 14.9 Å². The van der Waals surface area contributed by atoms with E-state index in [1.54, 1.807) is 7.11 Å². The zero-order chi connectivity index (χ0) is 20.2. The number of benzene rings is 2.